The highest BCUT2D eigenvalue weighted by Gasteiger charge is 2.12. The first-order chi connectivity index (χ1) is 5.65. The van der Waals surface area contributed by atoms with Crippen molar-refractivity contribution in [1.29, 1.82) is 0 Å². The number of aromatic nitrogens is 1. The van der Waals surface area contributed by atoms with Gasteiger partial charge in [0.2, 0.25) is 0 Å². The Bertz CT molecular complexity index is 316. The molecule has 1 rings (SSSR count). The van der Waals surface area contributed by atoms with E-state index in [1.165, 1.54) is 6.07 Å². The van der Waals surface area contributed by atoms with E-state index in [2.05, 4.69) is 4.98 Å². The summed E-state index contributed by atoms with van der Waals surface area (Å²) in [5.74, 6) is 0. The van der Waals surface area contributed by atoms with E-state index < -0.39 is 4.92 Å². The molecule has 0 spiro atoms. The third-order valence-electron chi connectivity index (χ3n) is 1.35. The summed E-state index contributed by atoms with van der Waals surface area (Å²) in [5, 5.41) is 10.6. The summed E-state index contributed by atoms with van der Waals surface area (Å²) in [7, 11) is 0. The summed E-state index contributed by atoms with van der Waals surface area (Å²) in [6, 6.07) is 1.39. The molecule has 64 valence electrons. The Balaban J connectivity index is 3.20. The quantitative estimate of drug-likeness (QED) is 0.427. The molecule has 0 saturated heterocycles. The summed E-state index contributed by atoms with van der Waals surface area (Å²) in [5.41, 5.74) is 5.56. The first kappa shape index (κ1) is 8.89. The summed E-state index contributed by atoms with van der Waals surface area (Å²) in [6.07, 6.45) is 1.10. The van der Waals surface area contributed by atoms with Crippen LogP contribution in [-0.4, -0.2) is 9.91 Å². The minimum atomic E-state index is -0.536. The fraction of sp³-hybridized carbons (Fsp3) is 0.167. The molecule has 0 bridgehead atoms. The van der Waals surface area contributed by atoms with Crippen LogP contribution in [0.2, 0.25) is 5.15 Å². The lowest BCUT2D eigenvalue weighted by atomic mass is 10.2. The molecular weight excluding hydrogens is 182 g/mol. The summed E-state index contributed by atoms with van der Waals surface area (Å²) in [6.45, 7) is 0.0819. The van der Waals surface area contributed by atoms with Gasteiger partial charge in [0.05, 0.1) is 4.92 Å². The zero-order valence-corrected chi connectivity index (χ0v) is 6.78. The van der Waals surface area contributed by atoms with Crippen molar-refractivity contribution in [2.75, 3.05) is 0 Å². The third kappa shape index (κ3) is 1.69. The van der Waals surface area contributed by atoms with E-state index in [1.54, 1.807) is 0 Å². The number of hydrogen-bond donors (Lipinski definition) is 1. The van der Waals surface area contributed by atoms with Gasteiger partial charge in [-0.1, -0.05) is 11.6 Å². The van der Waals surface area contributed by atoms with Gasteiger partial charge < -0.3 is 5.73 Å². The van der Waals surface area contributed by atoms with Gasteiger partial charge in [-0.15, -0.1) is 0 Å². The van der Waals surface area contributed by atoms with Gasteiger partial charge in [-0.25, -0.2) is 4.98 Å². The van der Waals surface area contributed by atoms with Gasteiger partial charge in [0.25, 0.3) is 5.69 Å². The molecule has 1 heterocycles. The molecule has 0 amide bonds. The molecule has 0 fully saturated rings. The van der Waals surface area contributed by atoms with Crippen molar-refractivity contribution >= 4 is 17.3 Å². The van der Waals surface area contributed by atoms with Gasteiger partial charge in [0.1, 0.15) is 11.3 Å². The molecule has 0 unspecified atom stereocenters. The maximum absolute atomic E-state index is 10.4. The lowest BCUT2D eigenvalue weighted by molar-refractivity contribution is -0.385. The van der Waals surface area contributed by atoms with Gasteiger partial charge in [0.15, 0.2) is 0 Å². The topological polar surface area (TPSA) is 82.0 Å². The van der Waals surface area contributed by atoms with Crippen molar-refractivity contribution in [2.24, 2.45) is 5.73 Å². The number of nitro groups is 1. The fourth-order valence-electron chi connectivity index (χ4n) is 0.789. The van der Waals surface area contributed by atoms with Crippen molar-refractivity contribution in [3.8, 4) is 0 Å². The second-order valence-electron chi connectivity index (χ2n) is 2.10. The third-order valence-corrected chi connectivity index (χ3v) is 1.56. The smallest absolute Gasteiger partial charge is 0.292 e. The van der Waals surface area contributed by atoms with Crippen molar-refractivity contribution < 1.29 is 4.92 Å². The first-order valence-electron chi connectivity index (χ1n) is 3.14. The van der Waals surface area contributed by atoms with Crippen molar-refractivity contribution in [3.63, 3.8) is 0 Å². The van der Waals surface area contributed by atoms with E-state index in [4.69, 9.17) is 17.3 Å². The van der Waals surface area contributed by atoms with Gasteiger partial charge in [-0.2, -0.15) is 0 Å². The fourth-order valence-corrected chi connectivity index (χ4v) is 0.969. The van der Waals surface area contributed by atoms with Crippen LogP contribution in [0.5, 0.6) is 0 Å². The lowest BCUT2D eigenvalue weighted by Gasteiger charge is -1.98. The maximum atomic E-state index is 10.4. The van der Waals surface area contributed by atoms with E-state index in [-0.39, 0.29) is 17.4 Å². The molecule has 0 radical (unpaired) electrons. The number of nitrogens with two attached hydrogens (primary N) is 1. The van der Waals surface area contributed by atoms with Crippen molar-refractivity contribution in [3.05, 3.63) is 33.1 Å². The molecule has 0 aliphatic rings. The van der Waals surface area contributed by atoms with Crippen LogP contribution in [-0.2, 0) is 6.54 Å². The molecule has 6 heteroatoms. The molecular formula is C6H6ClN3O2. The number of rotatable bonds is 2. The Morgan fingerprint density at radius 2 is 2.42 bits per heavy atom. The largest absolute Gasteiger partial charge is 0.326 e. The van der Waals surface area contributed by atoms with E-state index in [0.29, 0.717) is 5.56 Å². The van der Waals surface area contributed by atoms with E-state index in [9.17, 15) is 10.1 Å². The molecule has 0 atom stereocenters. The predicted molar refractivity (Wildman–Crippen MR) is 43.8 cm³/mol. The van der Waals surface area contributed by atoms with E-state index in [1.807, 2.05) is 0 Å². The Labute approximate surface area is 73.3 Å². The van der Waals surface area contributed by atoms with Crippen molar-refractivity contribution in [2.45, 2.75) is 6.54 Å². The Kier molecular flexibility index (Phi) is 2.57. The highest BCUT2D eigenvalue weighted by molar-refractivity contribution is 6.29. The summed E-state index contributed by atoms with van der Waals surface area (Å²) >= 11 is 5.51. The number of pyridine rings is 1. The minimum absolute atomic E-state index is 0.0819. The SMILES string of the molecule is NCc1cc(Cl)ncc1[N+](=O)[O-]. The van der Waals surface area contributed by atoms with E-state index in [0.717, 1.165) is 6.20 Å². The zero-order valence-electron chi connectivity index (χ0n) is 6.03. The molecule has 12 heavy (non-hydrogen) atoms. The number of nitrogens with zero attached hydrogens (tertiary/aromatic N) is 2. The highest BCUT2D eigenvalue weighted by Crippen LogP contribution is 2.19. The van der Waals surface area contributed by atoms with Crippen LogP contribution in [0.25, 0.3) is 0 Å². The van der Waals surface area contributed by atoms with Gasteiger partial charge in [-0.05, 0) is 6.07 Å². The Hall–Kier alpha value is -1.20. The average Bonchev–Trinajstić information content (AvgIpc) is 2.03. The van der Waals surface area contributed by atoms with Crippen LogP contribution < -0.4 is 5.73 Å². The molecule has 1 aromatic rings. The molecule has 5 nitrogen and oxygen atoms in total. The molecule has 2 N–H and O–H groups in total. The van der Waals surface area contributed by atoms with Gasteiger partial charge in [0, 0.05) is 12.1 Å². The average molecular weight is 188 g/mol. The number of halogens is 1. The molecule has 1 aromatic heterocycles. The highest BCUT2D eigenvalue weighted by atomic mass is 35.5. The predicted octanol–water partition coefficient (Wildman–Crippen LogP) is 1.10. The Morgan fingerprint density at radius 3 is 2.92 bits per heavy atom. The van der Waals surface area contributed by atoms with Crippen LogP contribution in [0.3, 0.4) is 0 Å². The summed E-state index contributed by atoms with van der Waals surface area (Å²) < 4.78 is 0. The summed E-state index contributed by atoms with van der Waals surface area (Å²) in [4.78, 5) is 13.4. The normalized spacial score (nSPS) is 9.83. The van der Waals surface area contributed by atoms with Crippen LogP contribution >= 0.6 is 11.6 Å². The van der Waals surface area contributed by atoms with Crippen LogP contribution in [0.1, 0.15) is 5.56 Å². The zero-order chi connectivity index (χ0) is 9.14. The van der Waals surface area contributed by atoms with E-state index >= 15 is 0 Å². The molecule has 0 aromatic carbocycles. The van der Waals surface area contributed by atoms with Crippen LogP contribution in [0.15, 0.2) is 12.3 Å². The Morgan fingerprint density at radius 1 is 1.75 bits per heavy atom. The molecule has 0 saturated carbocycles. The van der Waals surface area contributed by atoms with Crippen molar-refractivity contribution in [1.82, 2.24) is 4.98 Å². The second kappa shape index (κ2) is 3.46. The van der Waals surface area contributed by atoms with Gasteiger partial charge >= 0.3 is 0 Å². The minimum Gasteiger partial charge on any atom is -0.326 e. The lowest BCUT2D eigenvalue weighted by Crippen LogP contribution is -2.02. The molecule has 0 aliphatic heterocycles. The first-order valence-corrected chi connectivity index (χ1v) is 3.52. The second-order valence-corrected chi connectivity index (χ2v) is 2.48. The van der Waals surface area contributed by atoms with Gasteiger partial charge in [-0.3, -0.25) is 10.1 Å². The van der Waals surface area contributed by atoms with Crippen LogP contribution in [0, 0.1) is 10.1 Å². The number of hydrogen-bond acceptors (Lipinski definition) is 4. The standard InChI is InChI=1S/C6H6ClN3O2/c7-6-1-4(2-8)5(3-9-6)10(11)12/h1,3H,2,8H2. The molecule has 0 aliphatic carbocycles. The monoisotopic (exact) mass is 187 g/mol. The van der Waals surface area contributed by atoms with Crippen LogP contribution in [0.4, 0.5) is 5.69 Å². The maximum Gasteiger partial charge on any atom is 0.292 e.